The van der Waals surface area contributed by atoms with Crippen molar-refractivity contribution in [2.24, 2.45) is 5.92 Å². The number of hydrogen-bond acceptors (Lipinski definition) is 2. The zero-order valence-corrected chi connectivity index (χ0v) is 14.2. The Morgan fingerprint density at radius 1 is 1.23 bits per heavy atom. The second kappa shape index (κ2) is 9.23. The number of hydrogen-bond donors (Lipinski definition) is 1. The van der Waals surface area contributed by atoms with Crippen molar-refractivity contribution < 1.29 is 9.59 Å². The van der Waals surface area contributed by atoms with E-state index in [1.807, 2.05) is 31.2 Å². The number of rotatable bonds is 8. The van der Waals surface area contributed by atoms with Gasteiger partial charge in [-0.05, 0) is 24.8 Å². The highest BCUT2D eigenvalue weighted by molar-refractivity contribution is 5.78. The molecule has 4 heteroatoms. The first kappa shape index (κ1) is 18.2. The van der Waals surface area contributed by atoms with Crippen molar-refractivity contribution in [1.29, 1.82) is 0 Å². The molecule has 0 bridgehead atoms. The Morgan fingerprint density at radius 3 is 2.55 bits per heavy atom. The normalized spacial score (nSPS) is 10.6. The molecule has 0 aliphatic rings. The van der Waals surface area contributed by atoms with Crippen LogP contribution in [0.2, 0.25) is 0 Å². The lowest BCUT2D eigenvalue weighted by atomic mass is 10.1. The molecule has 0 heterocycles. The molecule has 1 aromatic rings. The number of amides is 2. The lowest BCUT2D eigenvalue weighted by Gasteiger charge is -2.22. The first-order valence-electron chi connectivity index (χ1n) is 7.96. The van der Waals surface area contributed by atoms with E-state index in [-0.39, 0.29) is 11.8 Å². The Hall–Kier alpha value is -1.84. The molecule has 0 spiro atoms. The summed E-state index contributed by atoms with van der Waals surface area (Å²) >= 11 is 0. The predicted octanol–water partition coefficient (Wildman–Crippen LogP) is 2.55. The third-order valence-corrected chi connectivity index (χ3v) is 3.57. The fourth-order valence-electron chi connectivity index (χ4n) is 2.24. The maximum absolute atomic E-state index is 11.9. The van der Waals surface area contributed by atoms with Gasteiger partial charge in [0.05, 0.1) is 6.42 Å². The molecule has 0 saturated carbocycles. The van der Waals surface area contributed by atoms with Crippen LogP contribution in [-0.2, 0) is 16.0 Å². The molecule has 0 saturated heterocycles. The van der Waals surface area contributed by atoms with E-state index >= 15 is 0 Å². The van der Waals surface area contributed by atoms with Gasteiger partial charge in [0.25, 0.3) is 0 Å². The Balaban J connectivity index is 2.34. The number of nitrogens with one attached hydrogen (secondary N) is 1. The fraction of sp³-hybridized carbons (Fsp3) is 0.556. The minimum absolute atomic E-state index is 0.00189. The van der Waals surface area contributed by atoms with Crippen molar-refractivity contribution in [2.75, 3.05) is 19.6 Å². The van der Waals surface area contributed by atoms with Crippen LogP contribution in [0.1, 0.15) is 38.3 Å². The molecule has 122 valence electrons. The second-order valence-electron chi connectivity index (χ2n) is 6.20. The maximum Gasteiger partial charge on any atom is 0.224 e. The third-order valence-electron chi connectivity index (χ3n) is 3.57. The molecule has 1 aromatic carbocycles. The molecule has 2 amide bonds. The van der Waals surface area contributed by atoms with Crippen LogP contribution in [0, 0.1) is 12.8 Å². The second-order valence-corrected chi connectivity index (χ2v) is 6.20. The van der Waals surface area contributed by atoms with Gasteiger partial charge >= 0.3 is 0 Å². The highest BCUT2D eigenvalue weighted by Gasteiger charge is 2.10. The van der Waals surface area contributed by atoms with E-state index < -0.39 is 0 Å². The van der Waals surface area contributed by atoms with Gasteiger partial charge in [0, 0.05) is 26.6 Å². The van der Waals surface area contributed by atoms with Gasteiger partial charge in [-0.2, -0.15) is 0 Å². The number of carbonyl (C=O) groups excluding carboxylic acids is 2. The topological polar surface area (TPSA) is 49.4 Å². The predicted molar refractivity (Wildman–Crippen MR) is 89.6 cm³/mol. The summed E-state index contributed by atoms with van der Waals surface area (Å²) in [6, 6.07) is 7.95. The summed E-state index contributed by atoms with van der Waals surface area (Å²) in [7, 11) is 0. The first-order chi connectivity index (χ1) is 10.4. The maximum atomic E-state index is 11.9. The van der Waals surface area contributed by atoms with Gasteiger partial charge < -0.3 is 10.2 Å². The fourth-order valence-corrected chi connectivity index (χ4v) is 2.24. The summed E-state index contributed by atoms with van der Waals surface area (Å²) in [5, 5.41) is 2.89. The molecule has 1 N–H and O–H groups in total. The molecular weight excluding hydrogens is 276 g/mol. The van der Waals surface area contributed by atoms with Crippen LogP contribution < -0.4 is 5.32 Å². The molecule has 0 unspecified atom stereocenters. The Morgan fingerprint density at radius 2 is 1.95 bits per heavy atom. The molecule has 1 rings (SSSR count). The van der Waals surface area contributed by atoms with Crippen molar-refractivity contribution in [3.63, 3.8) is 0 Å². The lowest BCUT2D eigenvalue weighted by Crippen LogP contribution is -2.38. The molecule has 0 aliphatic carbocycles. The van der Waals surface area contributed by atoms with Crippen LogP contribution in [0.4, 0.5) is 0 Å². The third kappa shape index (κ3) is 7.25. The van der Waals surface area contributed by atoms with E-state index in [4.69, 9.17) is 0 Å². The average molecular weight is 304 g/mol. The summed E-state index contributed by atoms with van der Waals surface area (Å²) in [4.78, 5) is 25.3. The number of benzene rings is 1. The lowest BCUT2D eigenvalue weighted by molar-refractivity contribution is -0.129. The summed E-state index contributed by atoms with van der Waals surface area (Å²) in [5.74, 6) is 0.629. The average Bonchev–Trinajstić information content (AvgIpc) is 2.41. The van der Waals surface area contributed by atoms with E-state index in [2.05, 4.69) is 19.2 Å². The monoisotopic (exact) mass is 304 g/mol. The zero-order valence-electron chi connectivity index (χ0n) is 14.2. The molecular formula is C18H28N2O2. The molecule has 0 aliphatic heterocycles. The van der Waals surface area contributed by atoms with Crippen LogP contribution in [0.3, 0.4) is 0 Å². The van der Waals surface area contributed by atoms with Gasteiger partial charge in [0.2, 0.25) is 11.8 Å². The highest BCUT2D eigenvalue weighted by atomic mass is 16.2. The van der Waals surface area contributed by atoms with E-state index in [9.17, 15) is 9.59 Å². The molecule has 0 atom stereocenters. The first-order valence-corrected chi connectivity index (χ1v) is 7.96. The van der Waals surface area contributed by atoms with E-state index in [0.717, 1.165) is 24.1 Å². The minimum atomic E-state index is -0.00189. The standard InChI is InChI=1S/C18H28N2O2/c1-14(2)8-10-20(16(4)21)11-9-19-18(22)13-17-7-5-6-15(3)12-17/h5-7,12,14H,8-11,13H2,1-4H3,(H,19,22). The van der Waals surface area contributed by atoms with Crippen molar-refractivity contribution in [2.45, 2.75) is 40.5 Å². The summed E-state index contributed by atoms with van der Waals surface area (Å²) in [6.45, 7) is 9.70. The zero-order chi connectivity index (χ0) is 16.5. The van der Waals surface area contributed by atoms with Gasteiger partial charge in [-0.3, -0.25) is 9.59 Å². The summed E-state index contributed by atoms with van der Waals surface area (Å²) < 4.78 is 0. The van der Waals surface area contributed by atoms with Gasteiger partial charge in [0.1, 0.15) is 0 Å². The smallest absolute Gasteiger partial charge is 0.224 e. The van der Waals surface area contributed by atoms with Gasteiger partial charge in [0.15, 0.2) is 0 Å². The van der Waals surface area contributed by atoms with Crippen molar-refractivity contribution in [3.8, 4) is 0 Å². The molecule has 0 aromatic heterocycles. The van der Waals surface area contributed by atoms with Gasteiger partial charge in [-0.25, -0.2) is 0 Å². The SMILES string of the molecule is CC(=O)N(CCNC(=O)Cc1cccc(C)c1)CCC(C)C. The van der Waals surface area contributed by atoms with Gasteiger partial charge in [-0.1, -0.05) is 43.7 Å². The van der Waals surface area contributed by atoms with E-state index in [0.29, 0.717) is 25.4 Å². The molecule has 22 heavy (non-hydrogen) atoms. The number of nitrogens with zero attached hydrogens (tertiary/aromatic N) is 1. The van der Waals surface area contributed by atoms with E-state index in [1.54, 1.807) is 11.8 Å². The van der Waals surface area contributed by atoms with Crippen LogP contribution in [0.25, 0.3) is 0 Å². The van der Waals surface area contributed by atoms with Crippen molar-refractivity contribution >= 4 is 11.8 Å². The minimum Gasteiger partial charge on any atom is -0.354 e. The number of aryl methyl sites for hydroxylation is 1. The largest absolute Gasteiger partial charge is 0.354 e. The summed E-state index contributed by atoms with van der Waals surface area (Å²) in [6.07, 6.45) is 1.37. The Labute approximate surface area is 133 Å². The van der Waals surface area contributed by atoms with Crippen LogP contribution >= 0.6 is 0 Å². The van der Waals surface area contributed by atoms with Crippen LogP contribution in [-0.4, -0.2) is 36.3 Å². The Bertz CT molecular complexity index is 498. The quantitative estimate of drug-likeness (QED) is 0.802. The Kier molecular flexibility index (Phi) is 7.64. The van der Waals surface area contributed by atoms with E-state index in [1.165, 1.54) is 0 Å². The molecule has 4 nitrogen and oxygen atoms in total. The molecule has 0 fully saturated rings. The van der Waals surface area contributed by atoms with Crippen LogP contribution in [0.5, 0.6) is 0 Å². The summed E-state index contributed by atoms with van der Waals surface area (Å²) in [5.41, 5.74) is 2.17. The van der Waals surface area contributed by atoms with Gasteiger partial charge in [-0.15, -0.1) is 0 Å². The van der Waals surface area contributed by atoms with Crippen LogP contribution in [0.15, 0.2) is 24.3 Å². The highest BCUT2D eigenvalue weighted by Crippen LogP contribution is 2.05. The number of carbonyl (C=O) groups is 2. The molecule has 0 radical (unpaired) electrons. The van der Waals surface area contributed by atoms with Crippen molar-refractivity contribution in [3.05, 3.63) is 35.4 Å². The van der Waals surface area contributed by atoms with Crippen molar-refractivity contribution in [1.82, 2.24) is 10.2 Å².